The van der Waals surface area contributed by atoms with Crippen molar-refractivity contribution in [3.8, 4) is 0 Å². The number of amides is 2. The van der Waals surface area contributed by atoms with Gasteiger partial charge in [0.15, 0.2) is 0 Å². The van der Waals surface area contributed by atoms with Crippen molar-refractivity contribution in [1.82, 2.24) is 0 Å². The molecule has 0 aromatic heterocycles. The number of quaternary nitrogens is 1. The van der Waals surface area contributed by atoms with Gasteiger partial charge in [-0.2, -0.15) is 21.9 Å². The molecule has 1 aliphatic heterocycles. The normalized spacial score (nSPS) is 36.3. The van der Waals surface area contributed by atoms with E-state index in [1.54, 1.807) is 0 Å². The highest BCUT2D eigenvalue weighted by Crippen LogP contribution is 2.52. The fourth-order valence-electron chi connectivity index (χ4n) is 5.18. The Morgan fingerprint density at radius 3 is 2.26 bits per heavy atom. The lowest BCUT2D eigenvalue weighted by molar-refractivity contribution is -0.794. The Balaban J connectivity index is 2.28. The molecule has 1 aliphatic carbocycles. The molecule has 3 unspecified atom stereocenters. The molecule has 5 heteroatoms. The Morgan fingerprint density at radius 2 is 1.83 bits per heavy atom. The number of hydrogen-bond acceptors (Lipinski definition) is 3. The minimum Gasteiger partial charge on any atom is -0.435 e. The Hall–Kier alpha value is -0.550. The van der Waals surface area contributed by atoms with E-state index in [-0.39, 0.29) is 33.0 Å². The summed E-state index contributed by atoms with van der Waals surface area (Å²) in [6.45, 7) is 6.72. The minimum absolute atomic E-state index is 0.00273. The van der Waals surface area contributed by atoms with Gasteiger partial charge in [-0.05, 0) is 38.0 Å². The van der Waals surface area contributed by atoms with Gasteiger partial charge in [0.25, 0.3) is 0 Å². The molecule has 2 amide bonds. The Kier molecular flexibility index (Phi) is 5.83. The monoisotopic (exact) mass is 342 g/mol. The molecule has 1 N–H and O–H groups in total. The molecular formula is C18H32NO3S+. The summed E-state index contributed by atoms with van der Waals surface area (Å²) in [7, 11) is 0. The fourth-order valence-corrected chi connectivity index (χ4v) is 5.84. The highest BCUT2D eigenvalue weighted by Gasteiger charge is 2.59. The summed E-state index contributed by atoms with van der Waals surface area (Å²) < 4.78 is -0.365. The zero-order valence-corrected chi connectivity index (χ0v) is 15.6. The van der Waals surface area contributed by atoms with E-state index in [2.05, 4.69) is 13.8 Å². The molecule has 4 nitrogen and oxygen atoms in total. The van der Waals surface area contributed by atoms with Crippen LogP contribution in [0.5, 0.6) is 0 Å². The Morgan fingerprint density at radius 1 is 1.22 bits per heavy atom. The van der Waals surface area contributed by atoms with Crippen LogP contribution in [0.3, 0.4) is 0 Å². The zero-order chi connectivity index (χ0) is 17.3. The largest absolute Gasteiger partial charge is 0.521 e. The van der Waals surface area contributed by atoms with Crippen LogP contribution in [-0.4, -0.2) is 39.4 Å². The molecule has 4 atom stereocenters. The first-order valence-electron chi connectivity index (χ1n) is 9.19. The van der Waals surface area contributed by atoms with Gasteiger partial charge >= 0.3 is 12.0 Å². The molecule has 1 saturated carbocycles. The van der Waals surface area contributed by atoms with Gasteiger partial charge in [0, 0.05) is 18.1 Å². The summed E-state index contributed by atoms with van der Waals surface area (Å²) in [4.78, 5) is 25.2. The van der Waals surface area contributed by atoms with Crippen LogP contribution in [0.1, 0.15) is 72.1 Å². The standard InChI is InChI=1S/C18H31NO3S/c1-4-9-18(10-5-2)11-8-14(15(18)23)16(20)19(17(21)22)12-6-7-13(19)3/h13-15H,4-12H2,1-3H3,(H-,21,22,23)/p+1/t13-,14?,15?,19?/m1/s1. The lowest BCUT2D eigenvalue weighted by atomic mass is 9.76. The van der Waals surface area contributed by atoms with Crippen LogP contribution < -0.4 is 0 Å². The highest BCUT2D eigenvalue weighted by atomic mass is 32.1. The summed E-state index contributed by atoms with van der Waals surface area (Å²) in [5.74, 6) is -0.301. The number of imide groups is 1. The van der Waals surface area contributed by atoms with E-state index >= 15 is 0 Å². The van der Waals surface area contributed by atoms with Crippen LogP contribution in [0.2, 0.25) is 0 Å². The molecular weight excluding hydrogens is 310 g/mol. The topological polar surface area (TPSA) is 54.4 Å². The predicted molar refractivity (Wildman–Crippen MR) is 94.6 cm³/mol. The van der Waals surface area contributed by atoms with Crippen molar-refractivity contribution in [3.63, 3.8) is 0 Å². The lowest BCUT2D eigenvalue weighted by Gasteiger charge is -2.37. The van der Waals surface area contributed by atoms with Gasteiger partial charge in [-0.1, -0.05) is 26.7 Å². The number of likely N-dealkylation sites (tertiary alicyclic amines) is 1. The molecule has 0 bridgehead atoms. The van der Waals surface area contributed by atoms with Crippen molar-refractivity contribution in [2.45, 2.75) is 83.4 Å². The first kappa shape index (κ1) is 18.8. The summed E-state index contributed by atoms with van der Waals surface area (Å²) >= 11 is 4.88. The van der Waals surface area contributed by atoms with Crippen LogP contribution in [0.4, 0.5) is 4.79 Å². The fraction of sp³-hybridized carbons (Fsp3) is 0.889. The first-order chi connectivity index (χ1) is 10.9. The van der Waals surface area contributed by atoms with Gasteiger partial charge in [-0.25, -0.2) is 4.79 Å². The molecule has 0 spiro atoms. The second-order valence-corrected chi connectivity index (χ2v) is 8.21. The van der Waals surface area contributed by atoms with Gasteiger partial charge in [0.2, 0.25) is 0 Å². The summed E-state index contributed by atoms with van der Waals surface area (Å²) in [6.07, 6.45) is 6.82. The van der Waals surface area contributed by atoms with Crippen molar-refractivity contribution >= 4 is 24.6 Å². The van der Waals surface area contributed by atoms with E-state index in [0.717, 1.165) is 51.4 Å². The van der Waals surface area contributed by atoms with E-state index in [9.17, 15) is 14.7 Å². The third-order valence-corrected chi connectivity index (χ3v) is 7.30. The van der Waals surface area contributed by atoms with Gasteiger partial charge in [-0.3, -0.25) is 0 Å². The van der Waals surface area contributed by atoms with Gasteiger partial charge < -0.3 is 5.11 Å². The van der Waals surface area contributed by atoms with Gasteiger partial charge in [0.05, 0.1) is 12.5 Å². The maximum atomic E-state index is 13.3. The number of carbonyl (C=O) groups is 2. The molecule has 0 aromatic carbocycles. The van der Waals surface area contributed by atoms with Crippen LogP contribution in [0.25, 0.3) is 0 Å². The van der Waals surface area contributed by atoms with E-state index in [1.165, 1.54) is 0 Å². The second kappa shape index (κ2) is 7.14. The summed E-state index contributed by atoms with van der Waals surface area (Å²) in [6, 6.07) is -0.118. The maximum absolute atomic E-state index is 13.3. The Labute approximate surface area is 145 Å². The average molecular weight is 343 g/mol. The smallest absolute Gasteiger partial charge is 0.435 e. The maximum Gasteiger partial charge on any atom is 0.521 e. The predicted octanol–water partition coefficient (Wildman–Crippen LogP) is 4.49. The van der Waals surface area contributed by atoms with E-state index in [1.807, 2.05) is 6.92 Å². The van der Waals surface area contributed by atoms with Crippen LogP contribution in [0, 0.1) is 11.3 Å². The van der Waals surface area contributed by atoms with Crippen LogP contribution in [-0.2, 0) is 4.79 Å². The van der Waals surface area contributed by atoms with Crippen molar-refractivity contribution in [2.24, 2.45) is 11.3 Å². The third kappa shape index (κ3) is 2.95. The lowest BCUT2D eigenvalue weighted by Crippen LogP contribution is -2.61. The minimum atomic E-state index is -0.969. The first-order valence-corrected chi connectivity index (χ1v) is 9.71. The average Bonchev–Trinajstić information content (AvgIpc) is 3.02. The molecule has 2 aliphatic rings. The van der Waals surface area contributed by atoms with Crippen molar-refractivity contribution in [2.75, 3.05) is 6.54 Å². The number of thiol groups is 1. The molecule has 1 heterocycles. The summed E-state index contributed by atoms with van der Waals surface area (Å²) in [5, 5.41) is 9.81. The molecule has 0 radical (unpaired) electrons. The quantitative estimate of drug-likeness (QED) is 0.572. The number of rotatable bonds is 5. The van der Waals surface area contributed by atoms with Gasteiger partial charge in [-0.15, -0.1) is 0 Å². The van der Waals surface area contributed by atoms with E-state index in [4.69, 9.17) is 12.6 Å². The molecule has 2 fully saturated rings. The SMILES string of the molecule is CCCC1(CCC)CCC(C(=O)[N+]2(C(=O)O)CCC[C@H]2C)C1S. The van der Waals surface area contributed by atoms with Gasteiger partial charge in [0.1, 0.15) is 6.04 Å². The van der Waals surface area contributed by atoms with Crippen LogP contribution >= 0.6 is 12.6 Å². The van der Waals surface area contributed by atoms with E-state index < -0.39 is 6.09 Å². The molecule has 132 valence electrons. The molecule has 2 rings (SSSR count). The molecule has 1 saturated heterocycles. The van der Waals surface area contributed by atoms with E-state index in [0.29, 0.717) is 6.54 Å². The van der Waals surface area contributed by atoms with Crippen molar-refractivity contribution in [1.29, 1.82) is 0 Å². The zero-order valence-electron chi connectivity index (χ0n) is 14.8. The van der Waals surface area contributed by atoms with Crippen LogP contribution in [0.15, 0.2) is 0 Å². The third-order valence-electron chi connectivity index (χ3n) is 6.39. The molecule has 0 aromatic rings. The number of carboxylic acid groups (broad SMARTS) is 1. The highest BCUT2D eigenvalue weighted by molar-refractivity contribution is 7.81. The number of hydrogen-bond donors (Lipinski definition) is 2. The number of carbonyl (C=O) groups excluding carboxylic acids is 1. The second-order valence-electron chi connectivity index (χ2n) is 7.66. The summed E-state index contributed by atoms with van der Waals surface area (Å²) in [5.41, 5.74) is 0.110. The number of nitrogens with zero attached hydrogens (tertiary/aromatic N) is 1. The van der Waals surface area contributed by atoms with Crippen molar-refractivity contribution in [3.05, 3.63) is 0 Å². The molecule has 23 heavy (non-hydrogen) atoms. The Bertz CT molecular complexity index is 461. The van der Waals surface area contributed by atoms with Crippen molar-refractivity contribution < 1.29 is 19.2 Å².